The molecule has 33 heavy (non-hydrogen) atoms. The molecule has 0 aromatic carbocycles. The van der Waals surface area contributed by atoms with Gasteiger partial charge in [-0.1, -0.05) is 20.8 Å². The number of carbonyl (C=O) groups excluding carboxylic acids is 2. The van der Waals surface area contributed by atoms with E-state index >= 15 is 0 Å². The SMILES string of the molecule is COC(=O)C[C@H](C)[C@@]1(C)O[C@@]2(C[C@H]3CC[C@]2(CS(=O)(=O)N(C(C)C)C(C)C)C3(C)C)OC1=O. The molecule has 2 saturated carbocycles. The highest BCUT2D eigenvalue weighted by atomic mass is 32.2. The first-order chi connectivity index (χ1) is 15.0. The van der Waals surface area contributed by atoms with Crippen molar-refractivity contribution in [3.8, 4) is 0 Å². The van der Waals surface area contributed by atoms with Crippen LogP contribution in [-0.2, 0) is 33.8 Å². The number of sulfonamides is 1. The summed E-state index contributed by atoms with van der Waals surface area (Å²) in [6.45, 7) is 15.1. The first kappa shape index (κ1) is 26.4. The minimum Gasteiger partial charge on any atom is -0.469 e. The van der Waals surface area contributed by atoms with E-state index in [9.17, 15) is 18.0 Å². The number of hydrogen-bond acceptors (Lipinski definition) is 7. The van der Waals surface area contributed by atoms with Crippen LogP contribution in [0.2, 0.25) is 0 Å². The van der Waals surface area contributed by atoms with Crippen LogP contribution >= 0.6 is 0 Å². The highest BCUT2D eigenvalue weighted by molar-refractivity contribution is 7.89. The largest absolute Gasteiger partial charge is 0.469 e. The number of methoxy groups -OCH3 is 1. The van der Waals surface area contributed by atoms with Crippen molar-refractivity contribution >= 4 is 22.0 Å². The van der Waals surface area contributed by atoms with Gasteiger partial charge in [0.2, 0.25) is 15.8 Å². The lowest BCUT2D eigenvalue weighted by Gasteiger charge is -2.48. The first-order valence-corrected chi connectivity index (χ1v) is 13.6. The molecule has 0 aromatic heterocycles. The van der Waals surface area contributed by atoms with Crippen LogP contribution in [0.3, 0.4) is 0 Å². The van der Waals surface area contributed by atoms with Gasteiger partial charge in [0.1, 0.15) is 0 Å². The summed E-state index contributed by atoms with van der Waals surface area (Å²) in [5.74, 6) is -2.77. The average Bonchev–Trinajstić information content (AvgIpc) is 3.12. The smallest absolute Gasteiger partial charge is 0.341 e. The van der Waals surface area contributed by atoms with Crippen molar-refractivity contribution in [2.24, 2.45) is 22.7 Å². The Morgan fingerprint density at radius 3 is 2.21 bits per heavy atom. The molecule has 1 heterocycles. The van der Waals surface area contributed by atoms with Crippen LogP contribution in [-0.4, -0.2) is 61.0 Å². The molecule has 0 radical (unpaired) electrons. The lowest BCUT2D eigenvalue weighted by Crippen LogP contribution is -2.58. The van der Waals surface area contributed by atoms with E-state index in [4.69, 9.17) is 14.2 Å². The standard InChI is InChI=1S/C24H41NO7S/c1-15(2)25(16(3)4)33(28,29)14-23-11-10-18(21(23,6)7)13-24(23)31-20(27)22(8,32-24)17(5)12-19(26)30-9/h15-18H,10-14H2,1-9H3/t17-,18+,22+,23-,24+/m0/s1. The number of hydrogen-bond donors (Lipinski definition) is 0. The zero-order chi connectivity index (χ0) is 25.2. The number of rotatable bonds is 8. The Balaban J connectivity index is 2.05. The van der Waals surface area contributed by atoms with Gasteiger partial charge in [0.15, 0.2) is 5.60 Å². The Labute approximate surface area is 198 Å². The van der Waals surface area contributed by atoms with Crippen molar-refractivity contribution in [3.05, 3.63) is 0 Å². The van der Waals surface area contributed by atoms with Gasteiger partial charge in [0, 0.05) is 24.4 Å². The van der Waals surface area contributed by atoms with Crippen molar-refractivity contribution in [2.45, 2.75) is 105 Å². The Hall–Kier alpha value is -1.19. The van der Waals surface area contributed by atoms with Crippen LogP contribution in [0.4, 0.5) is 0 Å². The van der Waals surface area contributed by atoms with Crippen LogP contribution in [0.15, 0.2) is 0 Å². The van der Waals surface area contributed by atoms with E-state index in [2.05, 4.69) is 13.8 Å². The van der Waals surface area contributed by atoms with Crippen LogP contribution in [0, 0.1) is 22.7 Å². The Morgan fingerprint density at radius 1 is 1.15 bits per heavy atom. The van der Waals surface area contributed by atoms with Crippen LogP contribution in [0.25, 0.3) is 0 Å². The summed E-state index contributed by atoms with van der Waals surface area (Å²) < 4.78 is 46.6. The Morgan fingerprint density at radius 2 is 1.73 bits per heavy atom. The molecule has 190 valence electrons. The maximum Gasteiger partial charge on any atom is 0.341 e. The van der Waals surface area contributed by atoms with E-state index in [1.165, 1.54) is 7.11 Å². The van der Waals surface area contributed by atoms with Gasteiger partial charge in [-0.3, -0.25) is 4.79 Å². The van der Waals surface area contributed by atoms with Crippen molar-refractivity contribution in [1.82, 2.24) is 4.31 Å². The summed E-state index contributed by atoms with van der Waals surface area (Å²) in [6.07, 6.45) is 1.93. The van der Waals surface area contributed by atoms with Gasteiger partial charge >= 0.3 is 11.9 Å². The highest BCUT2D eigenvalue weighted by Gasteiger charge is 2.79. The third-order valence-electron chi connectivity index (χ3n) is 8.87. The zero-order valence-corrected chi connectivity index (χ0v) is 22.4. The van der Waals surface area contributed by atoms with E-state index in [-0.39, 0.29) is 30.2 Å². The van der Waals surface area contributed by atoms with Gasteiger partial charge < -0.3 is 14.2 Å². The molecule has 0 amide bonds. The second-order valence-corrected chi connectivity index (χ2v) is 13.4. The molecule has 2 aliphatic carbocycles. The van der Waals surface area contributed by atoms with E-state index in [0.717, 1.165) is 6.42 Å². The fourth-order valence-electron chi connectivity index (χ4n) is 6.81. The molecule has 0 aromatic rings. The number of nitrogens with zero attached hydrogens (tertiary/aromatic N) is 1. The molecule has 3 fully saturated rings. The third kappa shape index (κ3) is 3.73. The third-order valence-corrected chi connectivity index (χ3v) is 11.2. The Kier molecular flexibility index (Phi) is 6.56. The second-order valence-electron chi connectivity index (χ2n) is 11.6. The molecule has 9 heteroatoms. The van der Waals surface area contributed by atoms with E-state index < -0.39 is 50.1 Å². The van der Waals surface area contributed by atoms with Gasteiger partial charge in [0.25, 0.3) is 0 Å². The molecule has 0 N–H and O–H groups in total. The predicted molar refractivity (Wildman–Crippen MR) is 124 cm³/mol. The average molecular weight is 488 g/mol. The summed E-state index contributed by atoms with van der Waals surface area (Å²) in [4.78, 5) is 25.2. The zero-order valence-electron chi connectivity index (χ0n) is 21.6. The van der Waals surface area contributed by atoms with E-state index in [1.54, 1.807) is 18.2 Å². The van der Waals surface area contributed by atoms with Crippen molar-refractivity contribution in [2.75, 3.05) is 12.9 Å². The maximum atomic E-state index is 13.8. The fraction of sp³-hybridized carbons (Fsp3) is 0.917. The summed E-state index contributed by atoms with van der Waals surface area (Å²) >= 11 is 0. The minimum atomic E-state index is -3.69. The van der Waals surface area contributed by atoms with Crippen LogP contribution in [0.1, 0.15) is 81.1 Å². The van der Waals surface area contributed by atoms with Crippen molar-refractivity contribution < 1.29 is 32.2 Å². The second kappa shape index (κ2) is 8.19. The molecular weight excluding hydrogens is 446 g/mol. The van der Waals surface area contributed by atoms with Gasteiger partial charge in [-0.2, -0.15) is 4.31 Å². The van der Waals surface area contributed by atoms with Gasteiger partial charge in [0.05, 0.1) is 24.7 Å². The topological polar surface area (TPSA) is 99.2 Å². The predicted octanol–water partition coefficient (Wildman–Crippen LogP) is 3.49. The lowest BCUT2D eigenvalue weighted by molar-refractivity contribution is -0.259. The molecule has 2 bridgehead atoms. The number of carbonyl (C=O) groups is 2. The quantitative estimate of drug-likeness (QED) is 0.483. The summed E-state index contributed by atoms with van der Waals surface area (Å²) in [5.41, 5.74) is -2.65. The summed E-state index contributed by atoms with van der Waals surface area (Å²) in [7, 11) is -2.39. The number of esters is 2. The summed E-state index contributed by atoms with van der Waals surface area (Å²) in [6, 6.07) is -0.386. The minimum absolute atomic E-state index is 0.00474. The monoisotopic (exact) mass is 487 g/mol. The van der Waals surface area contributed by atoms with Crippen molar-refractivity contribution in [1.29, 1.82) is 0 Å². The number of fused-ring (bicyclic) bond motifs is 3. The summed E-state index contributed by atoms with van der Waals surface area (Å²) in [5, 5.41) is 0. The molecule has 0 unspecified atom stereocenters. The Bertz CT molecular complexity index is 906. The number of ether oxygens (including phenoxy) is 3. The van der Waals surface area contributed by atoms with Gasteiger partial charge in [-0.25, -0.2) is 13.2 Å². The first-order valence-electron chi connectivity index (χ1n) is 12.0. The molecular formula is C24H41NO7S. The fourth-order valence-corrected chi connectivity index (χ4v) is 9.60. The molecule has 1 aliphatic heterocycles. The molecule has 3 aliphatic rings. The maximum absolute atomic E-state index is 13.8. The highest BCUT2D eigenvalue weighted by Crippen LogP contribution is 2.73. The van der Waals surface area contributed by atoms with Crippen LogP contribution in [0.5, 0.6) is 0 Å². The van der Waals surface area contributed by atoms with Gasteiger partial charge in [-0.15, -0.1) is 0 Å². The van der Waals surface area contributed by atoms with Crippen LogP contribution < -0.4 is 0 Å². The molecule has 1 spiro atoms. The van der Waals surface area contributed by atoms with E-state index in [0.29, 0.717) is 12.8 Å². The molecule has 1 saturated heterocycles. The lowest BCUT2D eigenvalue weighted by atomic mass is 9.68. The molecule has 5 atom stereocenters. The van der Waals surface area contributed by atoms with Gasteiger partial charge in [-0.05, 0) is 58.8 Å². The van der Waals surface area contributed by atoms with E-state index in [1.807, 2.05) is 27.7 Å². The molecule has 8 nitrogen and oxygen atoms in total. The molecule has 3 rings (SSSR count). The van der Waals surface area contributed by atoms with Crippen molar-refractivity contribution in [3.63, 3.8) is 0 Å². The normalized spacial score (nSPS) is 36.2.